The molecule has 0 rings (SSSR count). The zero-order valence-electron chi connectivity index (χ0n) is 18.7. The number of hydrogen-bond donors (Lipinski definition) is 1. The van der Waals surface area contributed by atoms with Gasteiger partial charge in [0.25, 0.3) is 0 Å². The van der Waals surface area contributed by atoms with Crippen LogP contribution in [0.3, 0.4) is 0 Å². The predicted octanol–water partition coefficient (Wildman–Crippen LogP) is 2.44. The van der Waals surface area contributed by atoms with Crippen molar-refractivity contribution in [2.75, 3.05) is 40.5 Å². The van der Waals surface area contributed by atoms with Crippen molar-refractivity contribution >= 4 is 26.5 Å². The van der Waals surface area contributed by atoms with Gasteiger partial charge in [0.2, 0.25) is 0 Å². The van der Waals surface area contributed by atoms with Gasteiger partial charge in [-0.2, -0.15) is 0 Å². The SMILES string of the molecule is CCCCNC(=O)N(CCC[Si](C)(OC)OC)C(CC(=O)OCC)C(=O)OCC. The van der Waals surface area contributed by atoms with E-state index in [1.807, 2.05) is 13.5 Å². The van der Waals surface area contributed by atoms with Gasteiger partial charge in [0, 0.05) is 27.3 Å². The largest absolute Gasteiger partial charge is 0.466 e. The molecule has 0 fully saturated rings. The second-order valence-electron chi connectivity index (χ2n) is 6.70. The molecule has 0 aromatic heterocycles. The normalized spacial score (nSPS) is 12.2. The summed E-state index contributed by atoms with van der Waals surface area (Å²) in [6.45, 7) is 8.42. The Morgan fingerprint density at radius 1 is 1.00 bits per heavy atom. The predicted molar refractivity (Wildman–Crippen MR) is 112 cm³/mol. The number of hydrogen-bond acceptors (Lipinski definition) is 7. The second-order valence-corrected chi connectivity index (χ2v) is 10.3. The summed E-state index contributed by atoms with van der Waals surface area (Å²) in [5, 5.41) is 2.82. The molecule has 170 valence electrons. The standard InChI is InChI=1S/C19H38N2O7Si/c1-7-10-12-20-19(24)21(13-11-14-29(6,25-4)26-5)16(18(23)28-9-3)15-17(22)27-8-2/h16H,7-15H2,1-6H3,(H,20,24). The molecule has 1 atom stereocenters. The molecular formula is C19H38N2O7Si. The summed E-state index contributed by atoms with van der Waals surface area (Å²) >= 11 is 0. The van der Waals surface area contributed by atoms with E-state index in [1.165, 1.54) is 4.90 Å². The number of unbranched alkanes of at least 4 members (excludes halogenated alkanes) is 1. The summed E-state index contributed by atoms with van der Waals surface area (Å²) in [5.74, 6) is -1.17. The summed E-state index contributed by atoms with van der Waals surface area (Å²) in [4.78, 5) is 38.8. The molecule has 1 N–H and O–H groups in total. The van der Waals surface area contributed by atoms with Crippen LogP contribution in [-0.2, 0) is 27.9 Å². The number of carbonyl (C=O) groups is 3. The minimum Gasteiger partial charge on any atom is -0.466 e. The fourth-order valence-electron chi connectivity index (χ4n) is 2.67. The van der Waals surface area contributed by atoms with E-state index in [0.717, 1.165) is 12.8 Å². The number of rotatable bonds is 15. The van der Waals surface area contributed by atoms with Gasteiger partial charge in [-0.05, 0) is 39.3 Å². The summed E-state index contributed by atoms with van der Waals surface area (Å²) in [6, 6.07) is -0.819. The average Bonchev–Trinajstić information content (AvgIpc) is 2.70. The lowest BCUT2D eigenvalue weighted by atomic mass is 10.1. The van der Waals surface area contributed by atoms with Crippen LogP contribution in [0.4, 0.5) is 4.79 Å². The monoisotopic (exact) mass is 434 g/mol. The highest BCUT2D eigenvalue weighted by Gasteiger charge is 2.35. The Morgan fingerprint density at radius 2 is 1.62 bits per heavy atom. The van der Waals surface area contributed by atoms with E-state index in [9.17, 15) is 14.4 Å². The molecule has 9 nitrogen and oxygen atoms in total. The summed E-state index contributed by atoms with van der Waals surface area (Å²) in [5.41, 5.74) is 0. The van der Waals surface area contributed by atoms with Gasteiger partial charge in [-0.1, -0.05) is 13.3 Å². The van der Waals surface area contributed by atoms with Gasteiger partial charge in [-0.25, -0.2) is 9.59 Å². The quantitative estimate of drug-likeness (QED) is 0.240. The van der Waals surface area contributed by atoms with Crippen LogP contribution in [0.1, 0.15) is 46.5 Å². The van der Waals surface area contributed by atoms with Crippen molar-refractivity contribution in [2.45, 2.75) is 65.1 Å². The molecule has 10 heteroatoms. The third-order valence-corrected chi connectivity index (χ3v) is 7.55. The second kappa shape index (κ2) is 15.2. The van der Waals surface area contributed by atoms with Crippen LogP contribution >= 0.6 is 0 Å². The van der Waals surface area contributed by atoms with Gasteiger partial charge in [-0.3, -0.25) is 4.79 Å². The molecule has 0 spiro atoms. The molecule has 0 saturated heterocycles. The number of carbonyl (C=O) groups excluding carboxylic acids is 3. The van der Waals surface area contributed by atoms with E-state index in [4.69, 9.17) is 18.3 Å². The van der Waals surface area contributed by atoms with Gasteiger partial charge in [0.15, 0.2) is 0 Å². The van der Waals surface area contributed by atoms with Crippen molar-refractivity contribution in [3.05, 3.63) is 0 Å². The van der Waals surface area contributed by atoms with Crippen LogP contribution in [0.5, 0.6) is 0 Å². The fraction of sp³-hybridized carbons (Fsp3) is 0.842. The van der Waals surface area contributed by atoms with E-state index in [1.54, 1.807) is 28.1 Å². The molecule has 0 aliphatic heterocycles. The van der Waals surface area contributed by atoms with Gasteiger partial charge in [-0.15, -0.1) is 0 Å². The topological polar surface area (TPSA) is 103 Å². The molecule has 2 amide bonds. The Morgan fingerprint density at radius 3 is 2.14 bits per heavy atom. The lowest BCUT2D eigenvalue weighted by molar-refractivity contribution is -0.155. The molecule has 0 saturated carbocycles. The van der Waals surface area contributed by atoms with Crippen LogP contribution < -0.4 is 5.32 Å². The van der Waals surface area contributed by atoms with Gasteiger partial charge < -0.3 is 28.5 Å². The molecule has 0 aromatic rings. The maximum Gasteiger partial charge on any atom is 0.334 e. The lowest BCUT2D eigenvalue weighted by Crippen LogP contribution is -2.52. The average molecular weight is 435 g/mol. The third kappa shape index (κ3) is 10.6. The molecule has 29 heavy (non-hydrogen) atoms. The number of nitrogens with one attached hydrogen (secondary N) is 1. The first-order valence-corrected chi connectivity index (χ1v) is 12.8. The highest BCUT2D eigenvalue weighted by atomic mass is 28.4. The first-order chi connectivity index (χ1) is 13.8. The first kappa shape index (κ1) is 27.3. The van der Waals surface area contributed by atoms with Crippen molar-refractivity contribution < 1.29 is 32.7 Å². The van der Waals surface area contributed by atoms with Crippen LogP contribution in [0.25, 0.3) is 0 Å². The number of urea groups is 1. The molecule has 0 radical (unpaired) electrons. The Labute approximate surface area is 175 Å². The molecule has 1 unspecified atom stereocenters. The van der Waals surface area contributed by atoms with E-state index < -0.39 is 32.6 Å². The third-order valence-electron chi connectivity index (χ3n) is 4.56. The van der Waals surface area contributed by atoms with E-state index >= 15 is 0 Å². The molecule has 0 bridgehead atoms. The zero-order valence-corrected chi connectivity index (χ0v) is 19.7. The number of ether oxygens (including phenoxy) is 2. The van der Waals surface area contributed by atoms with Crippen LogP contribution in [-0.4, -0.2) is 78.0 Å². The zero-order chi connectivity index (χ0) is 22.3. The van der Waals surface area contributed by atoms with Crippen molar-refractivity contribution in [1.82, 2.24) is 10.2 Å². The van der Waals surface area contributed by atoms with Gasteiger partial charge in [0.05, 0.1) is 19.6 Å². The van der Waals surface area contributed by atoms with Crippen molar-refractivity contribution in [3.8, 4) is 0 Å². The minimum atomic E-state index is -2.32. The highest BCUT2D eigenvalue weighted by Crippen LogP contribution is 2.17. The van der Waals surface area contributed by atoms with Gasteiger partial charge in [0.1, 0.15) is 6.04 Å². The van der Waals surface area contributed by atoms with E-state index in [2.05, 4.69) is 5.32 Å². The number of nitrogens with zero attached hydrogens (tertiary/aromatic N) is 1. The van der Waals surface area contributed by atoms with E-state index in [-0.39, 0.29) is 26.2 Å². The molecule has 0 aromatic carbocycles. The Bertz CT molecular complexity index is 501. The maximum atomic E-state index is 12.8. The molecular weight excluding hydrogens is 396 g/mol. The Hall–Kier alpha value is -1.65. The summed E-state index contributed by atoms with van der Waals surface area (Å²) < 4.78 is 21.1. The van der Waals surface area contributed by atoms with Crippen molar-refractivity contribution in [3.63, 3.8) is 0 Å². The van der Waals surface area contributed by atoms with Crippen LogP contribution in [0.2, 0.25) is 12.6 Å². The Balaban J connectivity index is 5.43. The Kier molecular flexibility index (Phi) is 14.4. The summed E-state index contributed by atoms with van der Waals surface area (Å²) in [7, 11) is 0.890. The number of amides is 2. The van der Waals surface area contributed by atoms with Crippen molar-refractivity contribution in [2.24, 2.45) is 0 Å². The van der Waals surface area contributed by atoms with Crippen LogP contribution in [0.15, 0.2) is 0 Å². The molecule has 0 heterocycles. The minimum absolute atomic E-state index is 0.155. The first-order valence-electron chi connectivity index (χ1n) is 10.2. The molecule has 0 aliphatic carbocycles. The number of esters is 2. The highest BCUT2D eigenvalue weighted by molar-refractivity contribution is 6.65. The van der Waals surface area contributed by atoms with Crippen LogP contribution in [0, 0.1) is 0 Å². The van der Waals surface area contributed by atoms with Crippen molar-refractivity contribution in [1.29, 1.82) is 0 Å². The van der Waals surface area contributed by atoms with Gasteiger partial charge >= 0.3 is 26.5 Å². The lowest BCUT2D eigenvalue weighted by Gasteiger charge is -2.31. The smallest absolute Gasteiger partial charge is 0.334 e. The van der Waals surface area contributed by atoms with E-state index in [0.29, 0.717) is 19.0 Å². The summed E-state index contributed by atoms with van der Waals surface area (Å²) in [6.07, 6.45) is 2.05. The molecule has 0 aliphatic rings. The maximum absolute atomic E-state index is 12.8. The fourth-order valence-corrected chi connectivity index (χ4v) is 4.04.